The third-order valence-corrected chi connectivity index (χ3v) is 4.64. The molecule has 1 aromatic rings. The maximum Gasteiger partial charge on any atom is 0.247 e. The molecule has 5 nitrogen and oxygen atoms in total. The first-order valence-electron chi connectivity index (χ1n) is 6.22. The quantitative estimate of drug-likeness (QED) is 0.769. The highest BCUT2D eigenvalue weighted by Gasteiger charge is 2.26. The molecule has 0 aliphatic rings. The minimum Gasteiger partial charge on any atom is -0.495 e. The molecular weight excluding hydrogens is 278 g/mol. The Labute approximate surface area is 120 Å². The fraction of sp³-hybridized carbons (Fsp3) is 0.429. The number of nitrogens with zero attached hydrogens (tertiary/aromatic N) is 1. The maximum absolute atomic E-state index is 12.6. The van der Waals surface area contributed by atoms with Gasteiger partial charge in [0.15, 0.2) is 0 Å². The summed E-state index contributed by atoms with van der Waals surface area (Å²) in [5.74, 6) is 2.59. The molecule has 0 aromatic heterocycles. The van der Waals surface area contributed by atoms with Crippen molar-refractivity contribution < 1.29 is 18.3 Å². The monoisotopic (exact) mass is 297 g/mol. The van der Waals surface area contributed by atoms with Gasteiger partial charge in [-0.1, -0.05) is 18.9 Å². The van der Waals surface area contributed by atoms with Crippen LogP contribution in [0.15, 0.2) is 23.1 Å². The highest BCUT2D eigenvalue weighted by atomic mass is 32.2. The second kappa shape index (κ2) is 7.29. The minimum atomic E-state index is -3.75. The average Bonchev–Trinajstić information content (AvgIpc) is 2.46. The number of sulfonamides is 1. The molecule has 0 radical (unpaired) electrons. The van der Waals surface area contributed by atoms with E-state index in [1.54, 1.807) is 6.07 Å². The summed E-state index contributed by atoms with van der Waals surface area (Å²) in [4.78, 5) is 0.0234. The second-order valence-corrected chi connectivity index (χ2v) is 6.09. The molecule has 0 heterocycles. The van der Waals surface area contributed by atoms with E-state index in [9.17, 15) is 8.42 Å². The van der Waals surface area contributed by atoms with Crippen molar-refractivity contribution in [2.24, 2.45) is 0 Å². The number of rotatable bonds is 7. The van der Waals surface area contributed by atoms with E-state index >= 15 is 0 Å². The Balaban J connectivity index is 3.35. The first kappa shape index (κ1) is 16.5. The number of ether oxygens (including phenoxy) is 1. The summed E-state index contributed by atoms with van der Waals surface area (Å²) in [6.07, 6.45) is 5.89. The Kier molecular flexibility index (Phi) is 6.02. The fourth-order valence-electron chi connectivity index (χ4n) is 1.80. The summed E-state index contributed by atoms with van der Waals surface area (Å²) in [7, 11) is -2.34. The van der Waals surface area contributed by atoms with Crippen molar-refractivity contribution in [3.63, 3.8) is 0 Å². The molecule has 1 aromatic carbocycles. The number of benzene rings is 1. The predicted molar refractivity (Wildman–Crippen MR) is 76.8 cm³/mol. The molecule has 0 saturated carbocycles. The highest BCUT2D eigenvalue weighted by Crippen LogP contribution is 2.28. The number of terminal acetylenes is 1. The van der Waals surface area contributed by atoms with Gasteiger partial charge in [0.05, 0.1) is 20.3 Å². The topological polar surface area (TPSA) is 66.8 Å². The van der Waals surface area contributed by atoms with E-state index in [0.29, 0.717) is 18.5 Å². The smallest absolute Gasteiger partial charge is 0.247 e. The number of aliphatic hydroxyl groups excluding tert-OH is 1. The molecule has 0 fully saturated rings. The maximum atomic E-state index is 12.6. The van der Waals surface area contributed by atoms with Crippen LogP contribution in [0.4, 0.5) is 0 Å². The molecule has 0 unspecified atom stereocenters. The zero-order valence-corrected chi connectivity index (χ0v) is 12.5. The molecule has 6 heteroatoms. The Morgan fingerprint density at radius 3 is 2.65 bits per heavy atom. The van der Waals surface area contributed by atoms with E-state index in [-0.39, 0.29) is 23.8 Å². The van der Waals surface area contributed by atoms with E-state index in [2.05, 4.69) is 5.92 Å². The van der Waals surface area contributed by atoms with Gasteiger partial charge in [-0.2, -0.15) is 4.31 Å². The van der Waals surface area contributed by atoms with Crippen LogP contribution in [0.25, 0.3) is 0 Å². The lowest BCUT2D eigenvalue weighted by atomic mass is 10.2. The van der Waals surface area contributed by atoms with Gasteiger partial charge < -0.3 is 9.84 Å². The fourth-order valence-corrected chi connectivity index (χ4v) is 3.45. The van der Waals surface area contributed by atoms with Crippen molar-refractivity contribution in [2.75, 3.05) is 20.2 Å². The van der Waals surface area contributed by atoms with Crippen LogP contribution in [0.1, 0.15) is 18.9 Å². The molecule has 1 rings (SSSR count). The summed E-state index contributed by atoms with van der Waals surface area (Å²) in [5.41, 5.74) is 0.501. The van der Waals surface area contributed by atoms with E-state index < -0.39 is 10.0 Å². The van der Waals surface area contributed by atoms with Gasteiger partial charge in [-0.05, 0) is 24.1 Å². The van der Waals surface area contributed by atoms with Crippen LogP contribution in [0.3, 0.4) is 0 Å². The van der Waals surface area contributed by atoms with E-state index in [4.69, 9.17) is 16.3 Å². The number of methoxy groups -OCH3 is 1. The van der Waals surface area contributed by atoms with E-state index in [1.807, 2.05) is 6.92 Å². The van der Waals surface area contributed by atoms with E-state index in [0.717, 1.165) is 0 Å². The standard InChI is InChI=1S/C14H19NO4S/c1-4-8-15(9-5-2)20(17,18)14-10-12(11-16)6-7-13(14)19-3/h1,6-7,10,16H,5,8-9,11H2,2-3H3. The SMILES string of the molecule is C#CCN(CCC)S(=O)(=O)c1cc(CO)ccc1OC. The molecule has 0 saturated heterocycles. The lowest BCUT2D eigenvalue weighted by Crippen LogP contribution is -2.32. The molecule has 1 N–H and O–H groups in total. The van der Waals surface area contributed by atoms with Gasteiger partial charge in [0.2, 0.25) is 10.0 Å². The normalized spacial score (nSPS) is 11.3. The van der Waals surface area contributed by atoms with Crippen LogP contribution < -0.4 is 4.74 Å². The zero-order chi connectivity index (χ0) is 15.2. The van der Waals surface area contributed by atoms with Crippen LogP contribution >= 0.6 is 0 Å². The van der Waals surface area contributed by atoms with Crippen LogP contribution in [-0.4, -0.2) is 38.0 Å². The molecule has 20 heavy (non-hydrogen) atoms. The molecular formula is C14H19NO4S. The minimum absolute atomic E-state index is 0.00266. The van der Waals surface area contributed by atoms with Crippen LogP contribution in [0.5, 0.6) is 5.75 Å². The lowest BCUT2D eigenvalue weighted by molar-refractivity contribution is 0.281. The van der Waals surface area contributed by atoms with E-state index in [1.165, 1.54) is 23.5 Å². The average molecular weight is 297 g/mol. The Bertz CT molecular complexity index is 590. The summed E-state index contributed by atoms with van der Waals surface area (Å²) in [5, 5.41) is 9.16. The number of aliphatic hydroxyl groups is 1. The molecule has 0 bridgehead atoms. The molecule has 0 atom stereocenters. The summed E-state index contributed by atoms with van der Waals surface area (Å²) in [6, 6.07) is 4.55. The first-order valence-corrected chi connectivity index (χ1v) is 7.66. The summed E-state index contributed by atoms with van der Waals surface area (Å²) in [6.45, 7) is 1.97. The van der Waals surface area contributed by atoms with Gasteiger partial charge in [-0.3, -0.25) is 0 Å². The van der Waals surface area contributed by atoms with Crippen molar-refractivity contribution in [1.82, 2.24) is 4.31 Å². The first-order chi connectivity index (χ1) is 9.51. The van der Waals surface area contributed by atoms with Gasteiger partial charge in [-0.25, -0.2) is 8.42 Å². The molecule has 0 aliphatic carbocycles. The molecule has 0 spiro atoms. The largest absolute Gasteiger partial charge is 0.495 e. The lowest BCUT2D eigenvalue weighted by Gasteiger charge is -2.21. The number of hydrogen-bond acceptors (Lipinski definition) is 4. The Hall–Kier alpha value is -1.55. The van der Waals surface area contributed by atoms with Gasteiger partial charge in [-0.15, -0.1) is 6.42 Å². The van der Waals surface area contributed by atoms with Gasteiger partial charge in [0.25, 0.3) is 0 Å². The third kappa shape index (κ3) is 3.51. The summed E-state index contributed by atoms with van der Waals surface area (Å²) < 4.78 is 31.6. The molecule has 110 valence electrons. The Morgan fingerprint density at radius 2 is 2.15 bits per heavy atom. The van der Waals surface area contributed by atoms with Crippen molar-refractivity contribution >= 4 is 10.0 Å². The van der Waals surface area contributed by atoms with Crippen molar-refractivity contribution in [3.05, 3.63) is 23.8 Å². The summed E-state index contributed by atoms with van der Waals surface area (Å²) >= 11 is 0. The highest BCUT2D eigenvalue weighted by molar-refractivity contribution is 7.89. The zero-order valence-electron chi connectivity index (χ0n) is 11.7. The van der Waals surface area contributed by atoms with Crippen LogP contribution in [0, 0.1) is 12.3 Å². The third-order valence-electron chi connectivity index (χ3n) is 2.77. The van der Waals surface area contributed by atoms with Crippen molar-refractivity contribution in [2.45, 2.75) is 24.8 Å². The van der Waals surface area contributed by atoms with Crippen LogP contribution in [-0.2, 0) is 16.6 Å². The second-order valence-electron chi connectivity index (χ2n) is 4.19. The molecule has 0 aliphatic heterocycles. The number of hydrogen-bond donors (Lipinski definition) is 1. The van der Waals surface area contributed by atoms with Gasteiger partial charge in [0.1, 0.15) is 10.6 Å². The van der Waals surface area contributed by atoms with Gasteiger partial charge >= 0.3 is 0 Å². The van der Waals surface area contributed by atoms with Gasteiger partial charge in [0, 0.05) is 6.54 Å². The predicted octanol–water partition coefficient (Wildman–Crippen LogP) is 1.22. The van der Waals surface area contributed by atoms with Crippen molar-refractivity contribution in [3.8, 4) is 18.1 Å². The molecule has 0 amide bonds. The van der Waals surface area contributed by atoms with Crippen molar-refractivity contribution in [1.29, 1.82) is 0 Å². The van der Waals surface area contributed by atoms with Crippen LogP contribution in [0.2, 0.25) is 0 Å². The Morgan fingerprint density at radius 1 is 1.45 bits per heavy atom.